The largest absolute Gasteiger partial charge is 0.378 e. The zero-order valence-corrected chi connectivity index (χ0v) is 17.4. The lowest BCUT2D eigenvalue weighted by atomic mass is 10.4. The van der Waals surface area contributed by atoms with Gasteiger partial charge in [-0.25, -0.2) is 17.2 Å². The molecule has 7 nitrogen and oxygen atoms in total. The Morgan fingerprint density at radius 2 is 1.83 bits per heavy atom. The highest BCUT2D eigenvalue weighted by atomic mass is 127. The van der Waals surface area contributed by atoms with Crippen molar-refractivity contribution in [2.75, 3.05) is 52.1 Å². The van der Waals surface area contributed by atoms with Crippen molar-refractivity contribution in [3.63, 3.8) is 0 Å². The number of ether oxygens (including phenoxy) is 1. The van der Waals surface area contributed by atoms with Crippen LogP contribution in [0, 0.1) is 0 Å². The maximum atomic E-state index is 12.3. The van der Waals surface area contributed by atoms with E-state index in [-0.39, 0.29) is 42.4 Å². The molecule has 1 saturated heterocycles. The molecule has 0 unspecified atom stereocenters. The van der Waals surface area contributed by atoms with Gasteiger partial charge in [-0.3, -0.25) is 4.99 Å². The van der Waals surface area contributed by atoms with Gasteiger partial charge in [0.05, 0.1) is 25.0 Å². The summed E-state index contributed by atoms with van der Waals surface area (Å²) in [6.45, 7) is 4.82. The molecule has 0 aromatic rings. The second-order valence-electron chi connectivity index (χ2n) is 5.44. The van der Waals surface area contributed by atoms with E-state index in [1.807, 2.05) is 13.8 Å². The molecule has 0 bridgehead atoms. The molecule has 1 fully saturated rings. The Hall–Kier alpha value is -0.270. The normalized spacial score (nSPS) is 17.3. The fraction of sp³-hybridized carbons (Fsp3) is 0.923. The smallest absolute Gasteiger partial charge is 0.255 e. The number of rotatable bonds is 7. The molecule has 0 radical (unpaired) electrons. The minimum atomic E-state index is -3.36. The second kappa shape index (κ2) is 11.4. The summed E-state index contributed by atoms with van der Waals surface area (Å²) in [5.41, 5.74) is 0. The van der Waals surface area contributed by atoms with Crippen LogP contribution in [-0.2, 0) is 14.8 Å². The van der Waals surface area contributed by atoms with E-state index < -0.39 is 23.0 Å². The van der Waals surface area contributed by atoms with Crippen molar-refractivity contribution in [2.24, 2.45) is 4.99 Å². The topological polar surface area (TPSA) is 74.2 Å². The summed E-state index contributed by atoms with van der Waals surface area (Å²) in [6, 6.07) is 0. The zero-order chi connectivity index (χ0) is 17.5. The van der Waals surface area contributed by atoms with Gasteiger partial charge in [0, 0.05) is 33.2 Å². The van der Waals surface area contributed by atoms with E-state index in [4.69, 9.17) is 4.74 Å². The van der Waals surface area contributed by atoms with E-state index in [2.05, 4.69) is 10.3 Å². The molecule has 0 amide bonds. The van der Waals surface area contributed by atoms with Gasteiger partial charge in [-0.1, -0.05) is 0 Å². The molecular formula is C13H27F2IN4O3S. The number of aliphatic imine (C=N–C) groups is 1. The number of nitrogens with zero attached hydrogens (tertiary/aromatic N) is 3. The number of alkyl halides is 2. The molecule has 0 saturated carbocycles. The van der Waals surface area contributed by atoms with Crippen molar-refractivity contribution in [1.29, 1.82) is 0 Å². The monoisotopic (exact) mass is 484 g/mol. The Morgan fingerprint density at radius 3 is 2.29 bits per heavy atom. The van der Waals surface area contributed by atoms with Crippen LogP contribution in [0.1, 0.15) is 13.8 Å². The molecule has 0 spiro atoms. The summed E-state index contributed by atoms with van der Waals surface area (Å²) in [4.78, 5) is 5.73. The Kier molecular flexibility index (Phi) is 11.2. The molecule has 0 aromatic heterocycles. The van der Waals surface area contributed by atoms with Crippen LogP contribution in [0.4, 0.5) is 8.78 Å². The highest BCUT2D eigenvalue weighted by molar-refractivity contribution is 14.0. The Morgan fingerprint density at radius 1 is 1.25 bits per heavy atom. The first-order chi connectivity index (χ1) is 10.8. The third kappa shape index (κ3) is 8.21. The van der Waals surface area contributed by atoms with Crippen LogP contribution in [0.2, 0.25) is 0 Å². The van der Waals surface area contributed by atoms with Crippen LogP contribution in [0.15, 0.2) is 4.99 Å². The van der Waals surface area contributed by atoms with Gasteiger partial charge >= 0.3 is 0 Å². The van der Waals surface area contributed by atoms with E-state index in [1.165, 1.54) is 11.4 Å². The van der Waals surface area contributed by atoms with Crippen molar-refractivity contribution in [3.05, 3.63) is 0 Å². The van der Waals surface area contributed by atoms with Crippen molar-refractivity contribution < 1.29 is 21.9 Å². The number of nitrogens with one attached hydrogen (secondary N) is 1. The Bertz CT molecular complexity index is 484. The molecular weight excluding hydrogens is 457 g/mol. The summed E-state index contributed by atoms with van der Waals surface area (Å²) >= 11 is 0. The van der Waals surface area contributed by atoms with Gasteiger partial charge in [-0.2, -0.15) is 4.31 Å². The second-order valence-corrected chi connectivity index (χ2v) is 7.53. The molecule has 1 aliphatic rings. The molecule has 144 valence electrons. The van der Waals surface area contributed by atoms with Gasteiger partial charge in [0.2, 0.25) is 10.0 Å². The highest BCUT2D eigenvalue weighted by Gasteiger charge is 2.28. The number of halogens is 3. The lowest BCUT2D eigenvalue weighted by Gasteiger charge is -2.35. The number of hydrogen-bond donors (Lipinski definition) is 1. The lowest BCUT2D eigenvalue weighted by molar-refractivity contribution is 0.0904. The van der Waals surface area contributed by atoms with E-state index in [0.717, 1.165) is 0 Å². The van der Waals surface area contributed by atoms with Crippen LogP contribution >= 0.6 is 24.0 Å². The molecule has 1 aliphatic heterocycles. The first kappa shape index (κ1) is 23.7. The summed E-state index contributed by atoms with van der Waals surface area (Å²) in [5, 5.41) is 2.58. The first-order valence-corrected chi connectivity index (χ1v) is 9.20. The number of piperazine rings is 1. The van der Waals surface area contributed by atoms with E-state index in [9.17, 15) is 17.2 Å². The molecule has 1 heterocycles. The Labute approximate surface area is 159 Å². The highest BCUT2D eigenvalue weighted by Crippen LogP contribution is 2.09. The van der Waals surface area contributed by atoms with E-state index in [0.29, 0.717) is 32.1 Å². The molecule has 0 aromatic carbocycles. The van der Waals surface area contributed by atoms with Crippen LogP contribution in [0.3, 0.4) is 0 Å². The molecule has 11 heteroatoms. The SMILES string of the molecule is CN=C(NCC(F)F)N1CCN(S(=O)(=O)CCOC(C)C)CC1.I. The fourth-order valence-corrected chi connectivity index (χ4v) is 3.48. The van der Waals surface area contributed by atoms with Gasteiger partial charge in [0.1, 0.15) is 0 Å². The van der Waals surface area contributed by atoms with Gasteiger partial charge in [-0.05, 0) is 13.8 Å². The Balaban J connectivity index is 0.00000529. The summed E-state index contributed by atoms with van der Waals surface area (Å²) < 4.78 is 55.6. The minimum Gasteiger partial charge on any atom is -0.378 e. The molecule has 1 rings (SSSR count). The van der Waals surface area contributed by atoms with Gasteiger partial charge in [-0.15, -0.1) is 24.0 Å². The molecule has 0 atom stereocenters. The number of guanidine groups is 1. The third-order valence-corrected chi connectivity index (χ3v) is 5.18. The maximum Gasteiger partial charge on any atom is 0.255 e. The zero-order valence-electron chi connectivity index (χ0n) is 14.2. The van der Waals surface area contributed by atoms with Crippen LogP contribution in [0.5, 0.6) is 0 Å². The lowest BCUT2D eigenvalue weighted by Crippen LogP contribution is -2.54. The van der Waals surface area contributed by atoms with Gasteiger partial charge < -0.3 is 15.0 Å². The van der Waals surface area contributed by atoms with Gasteiger partial charge in [0.15, 0.2) is 5.96 Å². The predicted octanol–water partition coefficient (Wildman–Crippen LogP) is 0.817. The predicted molar refractivity (Wildman–Crippen MR) is 101 cm³/mol. The first-order valence-electron chi connectivity index (χ1n) is 7.59. The third-order valence-electron chi connectivity index (χ3n) is 3.35. The van der Waals surface area contributed by atoms with Crippen LogP contribution in [-0.4, -0.2) is 88.2 Å². The van der Waals surface area contributed by atoms with Crippen LogP contribution < -0.4 is 5.32 Å². The quantitative estimate of drug-likeness (QED) is 0.329. The van der Waals surface area contributed by atoms with E-state index >= 15 is 0 Å². The van der Waals surface area contributed by atoms with E-state index in [1.54, 1.807) is 4.90 Å². The number of hydrogen-bond acceptors (Lipinski definition) is 4. The minimum absolute atomic E-state index is 0. The molecule has 1 N–H and O–H groups in total. The van der Waals surface area contributed by atoms with Crippen molar-refractivity contribution in [1.82, 2.24) is 14.5 Å². The van der Waals surface area contributed by atoms with Crippen molar-refractivity contribution in [2.45, 2.75) is 26.4 Å². The molecule has 0 aliphatic carbocycles. The standard InChI is InChI=1S/C13H26F2N4O3S.HI/c1-11(2)22-8-9-23(20,21)19-6-4-18(5-7-19)13(16-3)17-10-12(14)15;/h11-12H,4-10H2,1-3H3,(H,16,17);1H. The summed E-state index contributed by atoms with van der Waals surface area (Å²) in [5.74, 6) is 0.314. The fourth-order valence-electron chi connectivity index (χ4n) is 2.20. The molecule has 24 heavy (non-hydrogen) atoms. The van der Waals surface area contributed by atoms with Gasteiger partial charge in [0.25, 0.3) is 6.43 Å². The maximum absolute atomic E-state index is 12.3. The average molecular weight is 484 g/mol. The van der Waals surface area contributed by atoms with Crippen molar-refractivity contribution in [3.8, 4) is 0 Å². The summed E-state index contributed by atoms with van der Waals surface area (Å²) in [6.07, 6.45) is -2.47. The average Bonchev–Trinajstić information content (AvgIpc) is 2.47. The van der Waals surface area contributed by atoms with Crippen LogP contribution in [0.25, 0.3) is 0 Å². The number of sulfonamides is 1. The van der Waals surface area contributed by atoms with Crippen molar-refractivity contribution >= 4 is 40.0 Å². The summed E-state index contributed by atoms with van der Waals surface area (Å²) in [7, 11) is -1.85.